The monoisotopic (exact) mass is 400 g/mol. The summed E-state index contributed by atoms with van der Waals surface area (Å²) >= 11 is 3.47. The van der Waals surface area contributed by atoms with Crippen LogP contribution in [-0.2, 0) is 11.3 Å². The smallest absolute Gasteiger partial charge is 0.227 e. The number of anilines is 1. The molecule has 132 valence electrons. The number of nitrogens with one attached hydrogen (secondary N) is 1. The second-order valence-electron chi connectivity index (χ2n) is 6.97. The van der Waals surface area contributed by atoms with Crippen molar-refractivity contribution < 1.29 is 4.79 Å². The average molecular weight is 401 g/mol. The van der Waals surface area contributed by atoms with Gasteiger partial charge in [-0.25, -0.2) is 0 Å². The molecule has 0 atom stereocenters. The van der Waals surface area contributed by atoms with Crippen molar-refractivity contribution in [2.24, 2.45) is 5.92 Å². The van der Waals surface area contributed by atoms with Crippen LogP contribution in [0.2, 0.25) is 0 Å². The van der Waals surface area contributed by atoms with Crippen molar-refractivity contribution in [2.45, 2.75) is 33.2 Å². The molecule has 2 aromatic rings. The quantitative estimate of drug-likeness (QED) is 0.789. The Morgan fingerprint density at radius 2 is 1.76 bits per heavy atom. The van der Waals surface area contributed by atoms with E-state index in [1.165, 1.54) is 16.7 Å². The molecule has 0 saturated carbocycles. The molecule has 1 fully saturated rings. The highest BCUT2D eigenvalue weighted by atomic mass is 79.9. The number of benzene rings is 2. The first-order valence-corrected chi connectivity index (χ1v) is 9.65. The molecule has 3 rings (SSSR count). The van der Waals surface area contributed by atoms with E-state index in [2.05, 4.69) is 76.4 Å². The molecule has 1 aliphatic heterocycles. The summed E-state index contributed by atoms with van der Waals surface area (Å²) in [6.45, 7) is 7.06. The maximum absolute atomic E-state index is 12.5. The van der Waals surface area contributed by atoms with Gasteiger partial charge in [-0.05, 0) is 80.7 Å². The number of rotatable bonds is 4. The summed E-state index contributed by atoms with van der Waals surface area (Å²) in [5.74, 6) is 0.273. The lowest BCUT2D eigenvalue weighted by Gasteiger charge is -2.31. The van der Waals surface area contributed by atoms with Gasteiger partial charge in [0.25, 0.3) is 0 Å². The van der Waals surface area contributed by atoms with Crippen molar-refractivity contribution in [2.75, 3.05) is 18.4 Å². The van der Waals surface area contributed by atoms with E-state index in [9.17, 15) is 4.79 Å². The van der Waals surface area contributed by atoms with Gasteiger partial charge in [-0.3, -0.25) is 9.69 Å². The summed E-state index contributed by atoms with van der Waals surface area (Å²) in [5.41, 5.74) is 4.69. The summed E-state index contributed by atoms with van der Waals surface area (Å²) in [4.78, 5) is 15.0. The van der Waals surface area contributed by atoms with E-state index in [4.69, 9.17) is 0 Å². The van der Waals surface area contributed by atoms with Gasteiger partial charge in [0, 0.05) is 22.6 Å². The lowest BCUT2D eigenvalue weighted by molar-refractivity contribution is -0.121. The van der Waals surface area contributed by atoms with Crippen molar-refractivity contribution in [1.29, 1.82) is 0 Å². The zero-order valence-corrected chi connectivity index (χ0v) is 16.5. The Balaban J connectivity index is 1.50. The maximum Gasteiger partial charge on any atom is 0.227 e. The molecule has 1 N–H and O–H groups in total. The number of carbonyl (C=O) groups excluding carboxylic acids is 1. The predicted octanol–water partition coefficient (Wildman–Crippen LogP) is 4.92. The van der Waals surface area contributed by atoms with E-state index < -0.39 is 0 Å². The summed E-state index contributed by atoms with van der Waals surface area (Å²) in [6, 6.07) is 14.6. The van der Waals surface area contributed by atoms with Crippen molar-refractivity contribution in [3.63, 3.8) is 0 Å². The van der Waals surface area contributed by atoms with E-state index >= 15 is 0 Å². The van der Waals surface area contributed by atoms with Crippen LogP contribution in [0.4, 0.5) is 5.69 Å². The van der Waals surface area contributed by atoms with Gasteiger partial charge in [0.05, 0.1) is 0 Å². The van der Waals surface area contributed by atoms with Gasteiger partial charge in [-0.2, -0.15) is 0 Å². The topological polar surface area (TPSA) is 32.3 Å². The third-order valence-corrected chi connectivity index (χ3v) is 5.58. The molecule has 25 heavy (non-hydrogen) atoms. The minimum atomic E-state index is 0.114. The third kappa shape index (κ3) is 4.93. The molecule has 0 unspecified atom stereocenters. The van der Waals surface area contributed by atoms with Gasteiger partial charge in [-0.1, -0.05) is 34.1 Å². The average Bonchev–Trinajstić information content (AvgIpc) is 2.61. The first-order valence-electron chi connectivity index (χ1n) is 8.86. The highest BCUT2D eigenvalue weighted by Crippen LogP contribution is 2.22. The molecule has 4 heteroatoms. The predicted molar refractivity (Wildman–Crippen MR) is 107 cm³/mol. The van der Waals surface area contributed by atoms with Gasteiger partial charge in [0.2, 0.25) is 5.91 Å². The van der Waals surface area contributed by atoms with Crippen molar-refractivity contribution >= 4 is 27.5 Å². The standard InChI is InChI=1S/C21H25BrN2O/c1-15-3-8-20(13-16(15)2)23-21(25)18-9-11-24(12-10-18)14-17-4-6-19(22)7-5-17/h3-8,13,18H,9-12,14H2,1-2H3,(H,23,25). The zero-order valence-electron chi connectivity index (χ0n) is 14.9. The first kappa shape index (κ1) is 18.2. The third-order valence-electron chi connectivity index (χ3n) is 5.05. The van der Waals surface area contributed by atoms with Gasteiger partial charge in [-0.15, -0.1) is 0 Å². The minimum absolute atomic E-state index is 0.114. The highest BCUT2D eigenvalue weighted by molar-refractivity contribution is 9.10. The molecule has 0 aliphatic carbocycles. The van der Waals surface area contributed by atoms with Crippen LogP contribution in [0.1, 0.15) is 29.5 Å². The van der Waals surface area contributed by atoms with E-state index in [0.29, 0.717) is 0 Å². The molecule has 2 aromatic carbocycles. The molecular formula is C21H25BrN2O. The molecule has 1 heterocycles. The lowest BCUT2D eigenvalue weighted by atomic mass is 9.95. The fraction of sp³-hybridized carbons (Fsp3) is 0.381. The van der Waals surface area contributed by atoms with Crippen LogP contribution in [-0.4, -0.2) is 23.9 Å². The molecule has 0 bridgehead atoms. The number of hydrogen-bond acceptors (Lipinski definition) is 2. The number of amides is 1. The number of likely N-dealkylation sites (tertiary alicyclic amines) is 1. The van der Waals surface area contributed by atoms with Gasteiger partial charge in [0.1, 0.15) is 0 Å². The Labute approximate surface area is 158 Å². The molecule has 1 amide bonds. The number of nitrogens with zero attached hydrogens (tertiary/aromatic N) is 1. The molecule has 0 aromatic heterocycles. The normalized spacial score (nSPS) is 16.0. The second kappa shape index (κ2) is 8.15. The molecule has 0 spiro atoms. The largest absolute Gasteiger partial charge is 0.326 e. The number of hydrogen-bond donors (Lipinski definition) is 1. The van der Waals surface area contributed by atoms with Crippen LogP contribution in [0, 0.1) is 19.8 Å². The fourth-order valence-corrected chi connectivity index (χ4v) is 3.53. The molecule has 0 radical (unpaired) electrons. The van der Waals surface area contributed by atoms with Crippen LogP contribution in [0.25, 0.3) is 0 Å². The van der Waals surface area contributed by atoms with Gasteiger partial charge in [0.15, 0.2) is 0 Å². The van der Waals surface area contributed by atoms with E-state index in [-0.39, 0.29) is 11.8 Å². The van der Waals surface area contributed by atoms with Crippen LogP contribution in [0.3, 0.4) is 0 Å². The van der Waals surface area contributed by atoms with E-state index in [1.807, 2.05) is 6.07 Å². The lowest BCUT2D eigenvalue weighted by Crippen LogP contribution is -2.37. The summed E-state index contributed by atoms with van der Waals surface area (Å²) in [5, 5.41) is 3.09. The number of aryl methyl sites for hydroxylation is 2. The van der Waals surface area contributed by atoms with Crippen molar-refractivity contribution in [1.82, 2.24) is 4.90 Å². The van der Waals surface area contributed by atoms with Crippen LogP contribution >= 0.6 is 15.9 Å². The minimum Gasteiger partial charge on any atom is -0.326 e. The summed E-state index contributed by atoms with van der Waals surface area (Å²) < 4.78 is 1.11. The van der Waals surface area contributed by atoms with Crippen LogP contribution in [0.15, 0.2) is 46.9 Å². The molecule has 1 saturated heterocycles. The Bertz CT molecular complexity index is 734. The zero-order chi connectivity index (χ0) is 17.8. The summed E-state index contributed by atoms with van der Waals surface area (Å²) in [7, 11) is 0. The molecular weight excluding hydrogens is 376 g/mol. The fourth-order valence-electron chi connectivity index (χ4n) is 3.26. The Morgan fingerprint density at radius 3 is 2.40 bits per heavy atom. The Morgan fingerprint density at radius 1 is 1.08 bits per heavy atom. The first-order chi connectivity index (χ1) is 12.0. The Kier molecular flexibility index (Phi) is 5.92. The SMILES string of the molecule is Cc1ccc(NC(=O)C2CCN(Cc3ccc(Br)cc3)CC2)cc1C. The van der Waals surface area contributed by atoms with Crippen LogP contribution in [0.5, 0.6) is 0 Å². The second-order valence-corrected chi connectivity index (χ2v) is 7.88. The number of piperidine rings is 1. The van der Waals surface area contributed by atoms with Crippen LogP contribution < -0.4 is 5.32 Å². The number of carbonyl (C=O) groups is 1. The van der Waals surface area contributed by atoms with Gasteiger partial charge >= 0.3 is 0 Å². The van der Waals surface area contributed by atoms with Crippen molar-refractivity contribution in [3.05, 3.63) is 63.6 Å². The Hall–Kier alpha value is -1.65. The van der Waals surface area contributed by atoms with E-state index in [0.717, 1.165) is 42.6 Å². The maximum atomic E-state index is 12.5. The van der Waals surface area contributed by atoms with Gasteiger partial charge < -0.3 is 5.32 Å². The summed E-state index contributed by atoms with van der Waals surface area (Å²) in [6.07, 6.45) is 1.85. The van der Waals surface area contributed by atoms with E-state index in [1.54, 1.807) is 0 Å². The molecule has 3 nitrogen and oxygen atoms in total. The molecule has 1 aliphatic rings. The highest BCUT2D eigenvalue weighted by Gasteiger charge is 2.25. The number of halogens is 1. The van der Waals surface area contributed by atoms with Crippen molar-refractivity contribution in [3.8, 4) is 0 Å².